The molecular weight excluding hydrogens is 1200 g/mol. The lowest BCUT2D eigenvalue weighted by atomic mass is 9.69. The van der Waals surface area contributed by atoms with Gasteiger partial charge in [-0.05, 0) is 478 Å². The van der Waals surface area contributed by atoms with Crippen LogP contribution in [0.2, 0.25) is 0 Å². The quantitative estimate of drug-likeness (QED) is 0.107. The van der Waals surface area contributed by atoms with Crippen molar-refractivity contribution in [3.8, 4) is 0 Å². The van der Waals surface area contributed by atoms with Crippen LogP contribution in [0.5, 0.6) is 0 Å². The molecule has 0 unspecified atom stereocenters. The highest BCUT2D eigenvalue weighted by atomic mass is 14.4. The van der Waals surface area contributed by atoms with Gasteiger partial charge in [-0.25, -0.2) is 0 Å². The molecule has 0 spiro atoms. The van der Waals surface area contributed by atoms with Gasteiger partial charge in [-0.3, -0.25) is 0 Å². The molecule has 12 saturated carbocycles. The van der Waals surface area contributed by atoms with Crippen molar-refractivity contribution in [1.82, 2.24) is 0 Å². The normalized spacial score (nSPS) is 40.5. The van der Waals surface area contributed by atoms with Crippen molar-refractivity contribution in [3.63, 3.8) is 0 Å². The van der Waals surface area contributed by atoms with Crippen LogP contribution in [-0.2, 0) is 0 Å². The third-order valence-electron chi connectivity index (χ3n) is 30.3. The molecule has 12 fully saturated rings. The Morgan fingerprint density at radius 1 is 0.130 bits per heavy atom. The van der Waals surface area contributed by atoms with E-state index in [0.717, 1.165) is 142 Å². The highest BCUT2D eigenvalue weighted by Crippen LogP contribution is 2.47. The van der Waals surface area contributed by atoms with E-state index in [9.17, 15) is 0 Å². The lowest BCUT2D eigenvalue weighted by molar-refractivity contribution is 0.166. The largest absolute Gasteiger partial charge is 0.103 e. The lowest BCUT2D eigenvalue weighted by Crippen LogP contribution is -2.25. The molecule has 0 bridgehead atoms. The summed E-state index contributed by atoms with van der Waals surface area (Å²) < 4.78 is 0. The van der Waals surface area contributed by atoms with Crippen molar-refractivity contribution in [1.29, 1.82) is 0 Å². The van der Waals surface area contributed by atoms with Crippen molar-refractivity contribution in [2.24, 2.45) is 142 Å². The van der Waals surface area contributed by atoms with E-state index in [-0.39, 0.29) is 0 Å². The fourth-order valence-electron chi connectivity index (χ4n) is 23.1. The molecule has 560 valence electrons. The van der Waals surface area contributed by atoms with Gasteiger partial charge >= 0.3 is 0 Å². The van der Waals surface area contributed by atoms with E-state index in [1.807, 2.05) is 0 Å². The lowest BCUT2D eigenvalue weighted by Gasteiger charge is -2.37. The predicted molar refractivity (Wildman–Crippen MR) is 442 cm³/mol. The molecule has 0 aromatic heterocycles. The molecule has 0 atom stereocenters. The SMILES string of the molecule is C/C=C/C1CCC(C=CC2CCC(C3CCC(/C=C/C)CC3)CC2)CC1.C=CC1CCC(C2CCC(C=CC3CCC(/C=C/C)CC3)CC2)CC1.C=CC1CCC(C=CC2CCC(C3CCC(/C=C/C)CC3)CC2)CC1.C=CC1CCC(C=CC2CCC(C3CCC(C=C)CC3)CC2)CC1. The second-order valence-corrected chi connectivity index (χ2v) is 36.7. The number of hydrogen-bond acceptors (Lipinski definition) is 0. The van der Waals surface area contributed by atoms with E-state index in [0.29, 0.717) is 0 Å². The molecule has 0 heterocycles. The fourth-order valence-corrected chi connectivity index (χ4v) is 23.1. The summed E-state index contributed by atoms with van der Waals surface area (Å²) in [7, 11) is 0. The summed E-state index contributed by atoms with van der Waals surface area (Å²) in [5.41, 5.74) is 0. The van der Waals surface area contributed by atoms with Crippen molar-refractivity contribution in [3.05, 3.63) is 148 Å². The summed E-state index contributed by atoms with van der Waals surface area (Å²) in [6.07, 6.45) is 117. The van der Waals surface area contributed by atoms with Crippen LogP contribution >= 0.6 is 0 Å². The van der Waals surface area contributed by atoms with Crippen molar-refractivity contribution in [2.45, 2.75) is 336 Å². The molecule has 12 rings (SSSR count). The van der Waals surface area contributed by atoms with Crippen LogP contribution in [-0.4, -0.2) is 0 Å². The minimum atomic E-state index is 0.793. The molecule has 100 heavy (non-hydrogen) atoms. The first-order chi connectivity index (χ1) is 49.1. The van der Waals surface area contributed by atoms with Gasteiger partial charge in [0.15, 0.2) is 0 Å². The minimum absolute atomic E-state index is 0.793. The number of allylic oxidation sites excluding steroid dienone is 20. The Labute approximate surface area is 622 Å². The summed E-state index contributed by atoms with van der Waals surface area (Å²) >= 11 is 0. The fraction of sp³-hybridized carbons (Fsp3) is 0.760. The zero-order valence-electron chi connectivity index (χ0n) is 66.2. The Morgan fingerprint density at radius 3 is 0.330 bits per heavy atom. The predicted octanol–water partition coefficient (Wildman–Crippen LogP) is 30.9. The molecule has 0 radical (unpaired) electrons. The Morgan fingerprint density at radius 2 is 0.220 bits per heavy atom. The molecule has 12 aliphatic carbocycles. The van der Waals surface area contributed by atoms with Gasteiger partial charge in [0, 0.05) is 0 Å². The third-order valence-corrected chi connectivity index (χ3v) is 30.3. The van der Waals surface area contributed by atoms with E-state index >= 15 is 0 Å². The molecule has 0 amide bonds. The monoisotopic (exact) mass is 1360 g/mol. The molecule has 0 nitrogen and oxygen atoms in total. The Balaban J connectivity index is 0.000000156. The van der Waals surface area contributed by atoms with Crippen LogP contribution in [0.4, 0.5) is 0 Å². The maximum Gasteiger partial charge on any atom is -0.0233 e. The molecule has 0 saturated heterocycles. The second-order valence-electron chi connectivity index (χ2n) is 36.7. The standard InChI is InChI=1S/C26H42.2C25H40.C24H38/c1-3-5-21-7-9-23(10-8-21)11-12-24-15-19-26(20-16-24)25-17-13-22(6-4-2)14-18-25;1-3-5-21-6-8-22(9-7-21)10-11-23-14-18-25(19-15-23)24-16-12-20(4-2)13-17-24;1-3-5-21-12-16-24(17-13-21)25-18-14-23(15-19-25)11-10-22-8-6-20(4-2)7-9-22;1-3-19-5-7-21(8-6-19)9-10-22-13-17-24(18-14-22)23-15-11-20(4-2)12-16-23/h3-6,11-12,21-26H,7-10,13-20H2,1-2H3;2*3-5,10-11,20-25H,2,6-9,12-19H2,1H3;3-4,9-10,19-24H,1-2,5-8,11-18H2/b5-3+,6-4+,12-11?;2*5-3+,11-10?;. The summed E-state index contributed by atoms with van der Waals surface area (Å²) in [6.45, 7) is 24.6. The molecule has 0 heteroatoms. The highest BCUT2D eigenvalue weighted by Gasteiger charge is 2.35. The first kappa shape index (κ1) is 81.0. The zero-order chi connectivity index (χ0) is 69.9. The topological polar surface area (TPSA) is 0 Å². The summed E-state index contributed by atoms with van der Waals surface area (Å²) in [5, 5.41) is 0. The van der Waals surface area contributed by atoms with Crippen molar-refractivity contribution in [2.75, 3.05) is 0 Å². The smallest absolute Gasteiger partial charge is 0.0233 e. The summed E-state index contributed by atoms with van der Waals surface area (Å²) in [6, 6.07) is 0. The average molecular weight is 1360 g/mol. The summed E-state index contributed by atoms with van der Waals surface area (Å²) in [4.78, 5) is 0. The first-order valence-electron chi connectivity index (χ1n) is 44.9. The first-order valence-corrected chi connectivity index (χ1v) is 44.9. The van der Waals surface area contributed by atoms with Gasteiger partial charge < -0.3 is 0 Å². The van der Waals surface area contributed by atoms with Crippen LogP contribution in [0.1, 0.15) is 336 Å². The highest BCUT2D eigenvalue weighted by molar-refractivity contribution is 5.05. The molecule has 0 aromatic carbocycles. The maximum absolute atomic E-state index is 3.99. The van der Waals surface area contributed by atoms with Crippen LogP contribution in [0, 0.1) is 142 Å². The summed E-state index contributed by atoms with van der Waals surface area (Å²) in [5.74, 6) is 22.0. The third kappa shape index (κ3) is 28.0. The van der Waals surface area contributed by atoms with Crippen molar-refractivity contribution >= 4 is 0 Å². The number of hydrogen-bond donors (Lipinski definition) is 0. The molecule has 0 aliphatic heterocycles. The average Bonchev–Trinajstić information content (AvgIpc) is 1.78. The Kier molecular flexibility index (Phi) is 37.3. The molecular formula is C100H160. The molecule has 0 N–H and O–H groups in total. The van der Waals surface area contributed by atoms with Crippen molar-refractivity contribution < 1.29 is 0 Å². The van der Waals surface area contributed by atoms with Gasteiger partial charge in [0.25, 0.3) is 0 Å². The van der Waals surface area contributed by atoms with Gasteiger partial charge in [-0.15, -0.1) is 26.3 Å². The number of rotatable bonds is 20. The molecule has 12 aliphatic rings. The van der Waals surface area contributed by atoms with Crippen LogP contribution in [0.3, 0.4) is 0 Å². The van der Waals surface area contributed by atoms with Crippen LogP contribution in [0.15, 0.2) is 148 Å². The van der Waals surface area contributed by atoms with Gasteiger partial charge in [0.1, 0.15) is 0 Å². The van der Waals surface area contributed by atoms with Crippen LogP contribution in [0.25, 0.3) is 0 Å². The zero-order valence-corrected chi connectivity index (χ0v) is 66.2. The van der Waals surface area contributed by atoms with Crippen LogP contribution < -0.4 is 0 Å². The van der Waals surface area contributed by atoms with Gasteiger partial charge in [-0.2, -0.15) is 0 Å². The van der Waals surface area contributed by atoms with E-state index in [1.165, 1.54) is 308 Å². The Hall–Kier alpha value is -3.12. The van der Waals surface area contributed by atoms with Gasteiger partial charge in [0.2, 0.25) is 0 Å². The maximum atomic E-state index is 3.99. The van der Waals surface area contributed by atoms with E-state index in [2.05, 4.69) is 176 Å². The van der Waals surface area contributed by atoms with Gasteiger partial charge in [-0.1, -0.05) is 122 Å². The van der Waals surface area contributed by atoms with E-state index < -0.39 is 0 Å². The van der Waals surface area contributed by atoms with E-state index in [4.69, 9.17) is 0 Å². The second kappa shape index (κ2) is 46.1. The van der Waals surface area contributed by atoms with E-state index in [1.54, 1.807) is 0 Å². The minimum Gasteiger partial charge on any atom is -0.103 e. The molecule has 0 aromatic rings. The van der Waals surface area contributed by atoms with Gasteiger partial charge in [0.05, 0.1) is 0 Å². The Bertz CT molecular complexity index is 2420.